The molecule has 0 saturated carbocycles. The molecule has 0 aliphatic carbocycles. The number of alkyl halides is 1. The molecule has 0 atom stereocenters. The maximum absolute atomic E-state index is 13.0. The first-order chi connectivity index (χ1) is 15.8. The van der Waals surface area contributed by atoms with Crippen LogP contribution in [0.15, 0.2) is 73.1 Å². The minimum atomic E-state index is -0.339. The van der Waals surface area contributed by atoms with Crippen LogP contribution in [0.25, 0.3) is 16.6 Å². The number of benzene rings is 2. The summed E-state index contributed by atoms with van der Waals surface area (Å²) in [6, 6.07) is 20.5. The summed E-state index contributed by atoms with van der Waals surface area (Å²) in [5.74, 6) is 0. The standard InChI is InChI=1S/C26H28FN5/c27-11-9-21-18-22-6-4-12-28-26(22)25(19-21)31-14-5-13-30(16-17-31)20-23-10-15-32(29-23)24-7-2-1-3-8-24/h1-4,6-8,10,12,15,18-19H,5,9,11,13-14,16-17,20H2. The van der Waals surface area contributed by atoms with Gasteiger partial charge in [0.15, 0.2) is 0 Å². The summed E-state index contributed by atoms with van der Waals surface area (Å²) in [7, 11) is 0. The van der Waals surface area contributed by atoms with Crippen LogP contribution in [-0.2, 0) is 13.0 Å². The quantitative estimate of drug-likeness (QED) is 0.447. The van der Waals surface area contributed by atoms with E-state index in [2.05, 4.69) is 51.2 Å². The third kappa shape index (κ3) is 4.50. The lowest BCUT2D eigenvalue weighted by Gasteiger charge is -2.25. The maximum Gasteiger partial charge on any atom is 0.0935 e. The highest BCUT2D eigenvalue weighted by atomic mass is 19.1. The number of rotatable bonds is 6. The van der Waals surface area contributed by atoms with Crippen molar-refractivity contribution >= 4 is 16.6 Å². The summed E-state index contributed by atoms with van der Waals surface area (Å²) in [6.45, 7) is 4.39. The molecule has 1 aliphatic rings. The van der Waals surface area contributed by atoms with Gasteiger partial charge in [-0.2, -0.15) is 5.10 Å². The Hall–Kier alpha value is -3.25. The van der Waals surface area contributed by atoms with Crippen LogP contribution in [0.3, 0.4) is 0 Å². The molecule has 6 heteroatoms. The molecule has 1 aliphatic heterocycles. The number of para-hydroxylation sites is 1. The number of hydrogen-bond donors (Lipinski definition) is 0. The van der Waals surface area contributed by atoms with Gasteiger partial charge in [0.2, 0.25) is 0 Å². The molecular weight excluding hydrogens is 401 g/mol. The summed E-state index contributed by atoms with van der Waals surface area (Å²) in [5.41, 5.74) is 5.33. The van der Waals surface area contributed by atoms with Gasteiger partial charge in [0.1, 0.15) is 0 Å². The van der Waals surface area contributed by atoms with E-state index >= 15 is 0 Å². The second kappa shape index (κ2) is 9.49. The molecule has 32 heavy (non-hydrogen) atoms. The Balaban J connectivity index is 1.30. The first-order valence-electron chi connectivity index (χ1n) is 11.3. The van der Waals surface area contributed by atoms with Gasteiger partial charge >= 0.3 is 0 Å². The molecule has 0 bridgehead atoms. The van der Waals surface area contributed by atoms with Crippen LogP contribution in [0.2, 0.25) is 0 Å². The molecule has 5 rings (SSSR count). The van der Waals surface area contributed by atoms with Crippen LogP contribution in [0.4, 0.5) is 10.1 Å². The predicted molar refractivity (Wildman–Crippen MR) is 127 cm³/mol. The Morgan fingerprint density at radius 2 is 1.81 bits per heavy atom. The lowest BCUT2D eigenvalue weighted by Crippen LogP contribution is -2.30. The van der Waals surface area contributed by atoms with Crippen molar-refractivity contribution in [1.82, 2.24) is 19.7 Å². The van der Waals surface area contributed by atoms with E-state index in [0.717, 1.165) is 72.7 Å². The zero-order chi connectivity index (χ0) is 21.8. The molecular formula is C26H28FN5. The Morgan fingerprint density at radius 1 is 0.906 bits per heavy atom. The summed E-state index contributed by atoms with van der Waals surface area (Å²) in [4.78, 5) is 9.53. The van der Waals surface area contributed by atoms with Crippen molar-refractivity contribution in [2.45, 2.75) is 19.4 Å². The fourth-order valence-corrected chi connectivity index (χ4v) is 4.50. The minimum Gasteiger partial charge on any atom is -0.368 e. The van der Waals surface area contributed by atoms with E-state index < -0.39 is 0 Å². The van der Waals surface area contributed by atoms with E-state index in [1.165, 1.54) is 0 Å². The Labute approximate surface area is 188 Å². The van der Waals surface area contributed by atoms with Crippen molar-refractivity contribution in [1.29, 1.82) is 0 Å². The lowest BCUT2D eigenvalue weighted by atomic mass is 10.1. The van der Waals surface area contributed by atoms with E-state index in [-0.39, 0.29) is 6.67 Å². The van der Waals surface area contributed by atoms with E-state index in [9.17, 15) is 4.39 Å². The van der Waals surface area contributed by atoms with Crippen molar-refractivity contribution in [3.8, 4) is 5.69 Å². The Kier molecular flexibility index (Phi) is 6.12. The zero-order valence-electron chi connectivity index (χ0n) is 18.2. The molecule has 0 N–H and O–H groups in total. The molecule has 4 aromatic rings. The average Bonchev–Trinajstić information content (AvgIpc) is 3.17. The normalized spacial score (nSPS) is 15.2. The number of halogens is 1. The van der Waals surface area contributed by atoms with Crippen molar-refractivity contribution in [3.63, 3.8) is 0 Å². The van der Waals surface area contributed by atoms with Crippen molar-refractivity contribution in [2.75, 3.05) is 37.8 Å². The van der Waals surface area contributed by atoms with Gasteiger partial charge < -0.3 is 4.90 Å². The molecule has 0 amide bonds. The molecule has 1 saturated heterocycles. The van der Waals surface area contributed by atoms with Crippen LogP contribution in [0.1, 0.15) is 17.7 Å². The summed E-state index contributed by atoms with van der Waals surface area (Å²) in [6.07, 6.45) is 5.39. The molecule has 2 aromatic heterocycles. The largest absolute Gasteiger partial charge is 0.368 e. The molecule has 3 heterocycles. The lowest BCUT2D eigenvalue weighted by molar-refractivity contribution is 0.281. The van der Waals surface area contributed by atoms with Gasteiger partial charge in [-0.25, -0.2) is 4.68 Å². The second-order valence-corrected chi connectivity index (χ2v) is 8.33. The summed E-state index contributed by atoms with van der Waals surface area (Å²) < 4.78 is 15.0. The third-order valence-electron chi connectivity index (χ3n) is 6.11. The first-order valence-corrected chi connectivity index (χ1v) is 11.3. The number of aromatic nitrogens is 3. The second-order valence-electron chi connectivity index (χ2n) is 8.33. The fraction of sp³-hybridized carbons (Fsp3) is 0.308. The van der Waals surface area contributed by atoms with E-state index in [1.807, 2.05) is 41.3 Å². The van der Waals surface area contributed by atoms with E-state index in [4.69, 9.17) is 5.10 Å². The van der Waals surface area contributed by atoms with Crippen LogP contribution >= 0.6 is 0 Å². The predicted octanol–water partition coefficient (Wildman–Crippen LogP) is 4.64. The van der Waals surface area contributed by atoms with Gasteiger partial charge in [-0.05, 0) is 48.4 Å². The van der Waals surface area contributed by atoms with Gasteiger partial charge in [-0.3, -0.25) is 14.3 Å². The van der Waals surface area contributed by atoms with Gasteiger partial charge in [0, 0.05) is 56.9 Å². The molecule has 0 radical (unpaired) electrons. The monoisotopic (exact) mass is 429 g/mol. The number of hydrogen-bond acceptors (Lipinski definition) is 4. The Bertz CT molecular complexity index is 1170. The number of nitrogens with zero attached hydrogens (tertiary/aromatic N) is 5. The fourth-order valence-electron chi connectivity index (χ4n) is 4.50. The molecule has 1 fully saturated rings. The van der Waals surface area contributed by atoms with Gasteiger partial charge in [-0.15, -0.1) is 0 Å². The number of pyridine rings is 1. The maximum atomic E-state index is 13.0. The number of aryl methyl sites for hydroxylation is 1. The SMILES string of the molecule is FCCc1cc(N2CCCN(Cc3ccn(-c4ccccc4)n3)CC2)c2ncccc2c1. The first kappa shape index (κ1) is 20.6. The minimum absolute atomic E-state index is 0.339. The van der Waals surface area contributed by atoms with E-state index in [0.29, 0.717) is 6.42 Å². The summed E-state index contributed by atoms with van der Waals surface area (Å²) >= 11 is 0. The molecule has 2 aromatic carbocycles. The highest BCUT2D eigenvalue weighted by molar-refractivity contribution is 5.91. The Morgan fingerprint density at radius 3 is 2.69 bits per heavy atom. The summed E-state index contributed by atoms with van der Waals surface area (Å²) in [5, 5.41) is 5.86. The highest BCUT2D eigenvalue weighted by Crippen LogP contribution is 2.28. The molecule has 0 unspecified atom stereocenters. The van der Waals surface area contributed by atoms with Gasteiger partial charge in [0.25, 0.3) is 0 Å². The highest BCUT2D eigenvalue weighted by Gasteiger charge is 2.19. The average molecular weight is 430 g/mol. The van der Waals surface area contributed by atoms with Crippen molar-refractivity contribution in [3.05, 3.63) is 84.3 Å². The van der Waals surface area contributed by atoms with Crippen LogP contribution in [0.5, 0.6) is 0 Å². The van der Waals surface area contributed by atoms with Crippen LogP contribution in [-0.4, -0.2) is 52.5 Å². The van der Waals surface area contributed by atoms with Crippen LogP contribution < -0.4 is 4.90 Å². The van der Waals surface area contributed by atoms with Crippen LogP contribution in [0, 0.1) is 0 Å². The third-order valence-corrected chi connectivity index (χ3v) is 6.11. The molecule has 164 valence electrons. The number of fused-ring (bicyclic) bond motifs is 1. The number of anilines is 1. The molecule has 5 nitrogen and oxygen atoms in total. The molecule has 0 spiro atoms. The van der Waals surface area contributed by atoms with Crippen molar-refractivity contribution in [2.24, 2.45) is 0 Å². The van der Waals surface area contributed by atoms with Crippen molar-refractivity contribution < 1.29 is 4.39 Å². The van der Waals surface area contributed by atoms with E-state index in [1.54, 1.807) is 0 Å². The van der Waals surface area contributed by atoms with Gasteiger partial charge in [-0.1, -0.05) is 24.3 Å². The van der Waals surface area contributed by atoms with Gasteiger partial charge in [0.05, 0.1) is 29.3 Å². The smallest absolute Gasteiger partial charge is 0.0935 e. The zero-order valence-corrected chi connectivity index (χ0v) is 18.2. The topological polar surface area (TPSA) is 37.2 Å².